The number of fused-ring (bicyclic) bond motifs is 1. The number of ketones is 1. The molecule has 1 heterocycles. The molecular weight excluding hydrogens is 250 g/mol. The number of aromatic nitrogens is 3. The van der Waals surface area contributed by atoms with Gasteiger partial charge in [-0.2, -0.15) is 0 Å². The first-order valence-corrected chi connectivity index (χ1v) is 6.68. The number of carbonyl (C=O) groups is 1. The molecule has 0 unspecified atom stereocenters. The van der Waals surface area contributed by atoms with Crippen LogP contribution < -0.4 is 0 Å². The van der Waals surface area contributed by atoms with Gasteiger partial charge in [0.15, 0.2) is 5.78 Å². The Balaban J connectivity index is 1.91. The second-order valence-electron chi connectivity index (χ2n) is 4.69. The smallest absolute Gasteiger partial charge is 0.167 e. The summed E-state index contributed by atoms with van der Waals surface area (Å²) in [6.45, 7) is 2.75. The Kier molecular flexibility index (Phi) is 3.29. The van der Waals surface area contributed by atoms with Gasteiger partial charge in [-0.1, -0.05) is 35.5 Å². The largest absolute Gasteiger partial charge is 0.294 e. The standard InChI is InChI=1S/C16H15N3O/c1-2-19-15-11-13(8-9-14(15)17-18-19)16(20)10-12-6-4-3-5-7-12/h3-9,11H,2,10H2,1H3. The van der Waals surface area contributed by atoms with Gasteiger partial charge in [-0.05, 0) is 30.7 Å². The van der Waals surface area contributed by atoms with Crippen molar-refractivity contribution < 1.29 is 4.79 Å². The number of rotatable bonds is 4. The van der Waals surface area contributed by atoms with Crippen LogP contribution in [0.4, 0.5) is 0 Å². The SMILES string of the molecule is CCn1nnc2ccc(C(=O)Cc3ccccc3)cc21. The molecule has 0 fully saturated rings. The Hall–Kier alpha value is -2.49. The summed E-state index contributed by atoms with van der Waals surface area (Å²) in [6.07, 6.45) is 0.417. The van der Waals surface area contributed by atoms with Gasteiger partial charge in [0, 0.05) is 18.5 Å². The van der Waals surface area contributed by atoms with E-state index in [0.29, 0.717) is 12.0 Å². The predicted molar refractivity (Wildman–Crippen MR) is 77.7 cm³/mol. The molecule has 4 heteroatoms. The summed E-state index contributed by atoms with van der Waals surface area (Å²) in [7, 11) is 0. The van der Waals surface area contributed by atoms with E-state index < -0.39 is 0 Å². The van der Waals surface area contributed by atoms with Crippen molar-refractivity contribution in [3.63, 3.8) is 0 Å². The number of carbonyl (C=O) groups excluding carboxylic acids is 1. The topological polar surface area (TPSA) is 47.8 Å². The van der Waals surface area contributed by atoms with Gasteiger partial charge < -0.3 is 0 Å². The third-order valence-corrected chi connectivity index (χ3v) is 3.34. The fourth-order valence-electron chi connectivity index (χ4n) is 2.26. The van der Waals surface area contributed by atoms with E-state index in [4.69, 9.17) is 0 Å². The van der Waals surface area contributed by atoms with Crippen molar-refractivity contribution in [2.45, 2.75) is 19.9 Å². The molecule has 3 rings (SSSR count). The molecule has 1 aromatic heterocycles. The van der Waals surface area contributed by atoms with E-state index in [1.807, 2.05) is 55.5 Å². The Labute approximate surface area is 117 Å². The lowest BCUT2D eigenvalue weighted by atomic mass is 10.0. The van der Waals surface area contributed by atoms with Crippen LogP contribution in [0.2, 0.25) is 0 Å². The summed E-state index contributed by atoms with van der Waals surface area (Å²) < 4.78 is 1.80. The number of benzene rings is 2. The van der Waals surface area contributed by atoms with E-state index in [2.05, 4.69) is 10.3 Å². The zero-order valence-electron chi connectivity index (χ0n) is 11.3. The van der Waals surface area contributed by atoms with E-state index in [0.717, 1.165) is 23.1 Å². The lowest BCUT2D eigenvalue weighted by Crippen LogP contribution is -2.04. The number of hydrogen-bond acceptors (Lipinski definition) is 3. The van der Waals surface area contributed by atoms with Crippen LogP contribution in [-0.2, 0) is 13.0 Å². The lowest BCUT2D eigenvalue weighted by Gasteiger charge is -2.03. The van der Waals surface area contributed by atoms with Crippen LogP contribution in [0.5, 0.6) is 0 Å². The molecule has 0 atom stereocenters. The Morgan fingerprint density at radius 2 is 1.95 bits per heavy atom. The third-order valence-electron chi connectivity index (χ3n) is 3.34. The van der Waals surface area contributed by atoms with E-state index in [9.17, 15) is 4.79 Å². The molecule has 0 spiro atoms. The zero-order valence-corrected chi connectivity index (χ0v) is 11.3. The van der Waals surface area contributed by atoms with Crippen molar-refractivity contribution in [1.29, 1.82) is 0 Å². The Morgan fingerprint density at radius 1 is 1.15 bits per heavy atom. The second-order valence-corrected chi connectivity index (χ2v) is 4.69. The van der Waals surface area contributed by atoms with Gasteiger partial charge in [0.05, 0.1) is 5.52 Å². The van der Waals surface area contributed by atoms with Gasteiger partial charge in [0.1, 0.15) is 5.52 Å². The fourth-order valence-corrected chi connectivity index (χ4v) is 2.26. The van der Waals surface area contributed by atoms with Crippen LogP contribution in [0.15, 0.2) is 48.5 Å². The molecule has 0 radical (unpaired) electrons. The summed E-state index contributed by atoms with van der Waals surface area (Å²) in [5.74, 6) is 0.113. The highest BCUT2D eigenvalue weighted by Crippen LogP contribution is 2.15. The van der Waals surface area contributed by atoms with Gasteiger partial charge in [0.25, 0.3) is 0 Å². The lowest BCUT2D eigenvalue weighted by molar-refractivity contribution is 0.0993. The van der Waals surface area contributed by atoms with Gasteiger partial charge in [0.2, 0.25) is 0 Å². The monoisotopic (exact) mass is 265 g/mol. The van der Waals surface area contributed by atoms with Crippen LogP contribution >= 0.6 is 0 Å². The molecular formula is C16H15N3O. The van der Waals surface area contributed by atoms with Crippen molar-refractivity contribution >= 4 is 16.8 Å². The van der Waals surface area contributed by atoms with E-state index in [1.165, 1.54) is 0 Å². The minimum atomic E-state index is 0.113. The van der Waals surface area contributed by atoms with E-state index in [1.54, 1.807) is 4.68 Å². The summed E-state index contributed by atoms with van der Waals surface area (Å²) in [4.78, 5) is 12.3. The fraction of sp³-hybridized carbons (Fsp3) is 0.188. The van der Waals surface area contributed by atoms with Crippen LogP contribution in [0.25, 0.3) is 11.0 Å². The van der Waals surface area contributed by atoms with Crippen molar-refractivity contribution in [2.75, 3.05) is 0 Å². The third kappa shape index (κ3) is 2.32. The summed E-state index contributed by atoms with van der Waals surface area (Å²) in [6, 6.07) is 15.3. The van der Waals surface area contributed by atoms with E-state index >= 15 is 0 Å². The summed E-state index contributed by atoms with van der Waals surface area (Å²) >= 11 is 0. The second kappa shape index (κ2) is 5.25. The molecule has 0 aliphatic rings. The average Bonchev–Trinajstić information content (AvgIpc) is 2.90. The molecule has 4 nitrogen and oxygen atoms in total. The molecule has 0 bridgehead atoms. The normalized spacial score (nSPS) is 10.8. The maximum Gasteiger partial charge on any atom is 0.167 e. The zero-order chi connectivity index (χ0) is 13.9. The minimum absolute atomic E-state index is 0.113. The summed E-state index contributed by atoms with van der Waals surface area (Å²) in [5.41, 5.74) is 3.47. The maximum atomic E-state index is 12.3. The van der Waals surface area contributed by atoms with Gasteiger partial charge in [-0.15, -0.1) is 5.10 Å². The van der Waals surface area contributed by atoms with Crippen molar-refractivity contribution in [3.05, 3.63) is 59.7 Å². The number of nitrogens with zero attached hydrogens (tertiary/aromatic N) is 3. The van der Waals surface area contributed by atoms with Crippen LogP contribution in [-0.4, -0.2) is 20.8 Å². The maximum absolute atomic E-state index is 12.3. The van der Waals surface area contributed by atoms with E-state index in [-0.39, 0.29) is 5.78 Å². The molecule has 3 aromatic rings. The van der Waals surface area contributed by atoms with Crippen molar-refractivity contribution in [3.8, 4) is 0 Å². The molecule has 2 aromatic carbocycles. The highest BCUT2D eigenvalue weighted by Gasteiger charge is 2.10. The van der Waals surface area contributed by atoms with Crippen LogP contribution in [0, 0.1) is 0 Å². The predicted octanol–water partition coefficient (Wildman–Crippen LogP) is 2.88. The quantitative estimate of drug-likeness (QED) is 0.681. The Bertz CT molecular complexity index is 747. The van der Waals surface area contributed by atoms with Crippen LogP contribution in [0.1, 0.15) is 22.8 Å². The Morgan fingerprint density at radius 3 is 2.70 bits per heavy atom. The highest BCUT2D eigenvalue weighted by molar-refractivity contribution is 6.00. The molecule has 0 amide bonds. The van der Waals surface area contributed by atoms with Gasteiger partial charge in [-0.3, -0.25) is 4.79 Å². The first-order valence-electron chi connectivity index (χ1n) is 6.68. The van der Waals surface area contributed by atoms with Crippen molar-refractivity contribution in [2.24, 2.45) is 0 Å². The minimum Gasteiger partial charge on any atom is -0.294 e. The van der Waals surface area contributed by atoms with Gasteiger partial charge >= 0.3 is 0 Å². The molecule has 20 heavy (non-hydrogen) atoms. The first-order chi connectivity index (χ1) is 9.78. The average molecular weight is 265 g/mol. The number of aryl methyl sites for hydroxylation is 1. The summed E-state index contributed by atoms with van der Waals surface area (Å²) in [5, 5.41) is 8.13. The molecule has 0 saturated carbocycles. The van der Waals surface area contributed by atoms with Crippen LogP contribution in [0.3, 0.4) is 0 Å². The highest BCUT2D eigenvalue weighted by atomic mass is 16.1. The molecule has 0 saturated heterocycles. The van der Waals surface area contributed by atoms with Crippen molar-refractivity contribution in [1.82, 2.24) is 15.0 Å². The molecule has 0 N–H and O–H groups in total. The van der Waals surface area contributed by atoms with Gasteiger partial charge in [-0.25, -0.2) is 4.68 Å². The number of hydrogen-bond donors (Lipinski definition) is 0. The molecule has 100 valence electrons. The first kappa shape index (κ1) is 12.5. The molecule has 0 aliphatic heterocycles. The molecule has 0 aliphatic carbocycles. The number of Topliss-reactive ketones (excluding diaryl/α,β-unsaturated/α-hetero) is 1.